The van der Waals surface area contributed by atoms with Gasteiger partial charge in [0.1, 0.15) is 17.6 Å². The van der Waals surface area contributed by atoms with E-state index >= 15 is 0 Å². The second-order valence-electron chi connectivity index (χ2n) is 6.35. The van der Waals surface area contributed by atoms with Crippen molar-refractivity contribution >= 4 is 15.7 Å². The van der Waals surface area contributed by atoms with Gasteiger partial charge in [0.25, 0.3) is 10.0 Å². The minimum Gasteiger partial charge on any atom is -0.281 e. The highest BCUT2D eigenvalue weighted by molar-refractivity contribution is 7.92. The molecule has 2 aromatic heterocycles. The molecule has 3 aromatic rings. The largest absolute Gasteiger partial charge is 0.281 e. The zero-order chi connectivity index (χ0) is 17.4. The molecule has 0 radical (unpaired) electrons. The van der Waals surface area contributed by atoms with Crippen LogP contribution in [0.15, 0.2) is 48.0 Å². The summed E-state index contributed by atoms with van der Waals surface area (Å²) in [5.41, 5.74) is 1.45. The summed E-state index contributed by atoms with van der Waals surface area (Å²) in [6.45, 7) is 5.77. The molecule has 24 heavy (non-hydrogen) atoms. The first-order valence-corrected chi connectivity index (χ1v) is 8.77. The normalized spacial score (nSPS) is 12.3. The zero-order valence-corrected chi connectivity index (χ0v) is 14.4. The first kappa shape index (κ1) is 16.2. The summed E-state index contributed by atoms with van der Waals surface area (Å²) in [6, 6.07) is 6.86. The Hall–Kier alpha value is -2.68. The molecule has 2 N–H and O–H groups in total. The SMILES string of the molecule is CC(C)(C)c1[nH]ncc1S(=O)(=O)Nc1ccc(-n2cncn2)cc1. The maximum atomic E-state index is 12.6. The van der Waals surface area contributed by atoms with Crippen molar-refractivity contribution in [2.45, 2.75) is 31.1 Å². The van der Waals surface area contributed by atoms with E-state index < -0.39 is 10.0 Å². The quantitative estimate of drug-likeness (QED) is 0.752. The molecule has 9 heteroatoms. The van der Waals surface area contributed by atoms with Crippen molar-refractivity contribution in [2.75, 3.05) is 4.72 Å². The van der Waals surface area contributed by atoms with Crippen LogP contribution in [-0.4, -0.2) is 33.4 Å². The third-order valence-electron chi connectivity index (χ3n) is 3.45. The predicted octanol–water partition coefficient (Wildman–Crippen LogP) is 2.09. The number of nitrogens with zero attached hydrogens (tertiary/aromatic N) is 4. The van der Waals surface area contributed by atoms with Crippen LogP contribution in [-0.2, 0) is 15.4 Å². The lowest BCUT2D eigenvalue weighted by Gasteiger charge is -2.18. The van der Waals surface area contributed by atoms with Crippen LogP contribution in [0.4, 0.5) is 5.69 Å². The van der Waals surface area contributed by atoms with E-state index in [0.29, 0.717) is 11.4 Å². The van der Waals surface area contributed by atoms with Crippen LogP contribution in [0, 0.1) is 0 Å². The van der Waals surface area contributed by atoms with E-state index in [1.807, 2.05) is 20.8 Å². The molecule has 0 bridgehead atoms. The lowest BCUT2D eigenvalue weighted by molar-refractivity contribution is 0.547. The smallest absolute Gasteiger partial charge is 0.265 e. The van der Waals surface area contributed by atoms with Crippen molar-refractivity contribution in [3.63, 3.8) is 0 Å². The number of aromatic amines is 1. The Morgan fingerprint density at radius 1 is 1.17 bits per heavy atom. The van der Waals surface area contributed by atoms with Crippen LogP contribution in [0.5, 0.6) is 0 Å². The van der Waals surface area contributed by atoms with Gasteiger partial charge >= 0.3 is 0 Å². The Labute approximate surface area is 140 Å². The van der Waals surface area contributed by atoms with Gasteiger partial charge in [-0.15, -0.1) is 0 Å². The number of benzene rings is 1. The molecule has 8 nitrogen and oxygen atoms in total. The summed E-state index contributed by atoms with van der Waals surface area (Å²) in [6.07, 6.45) is 4.33. The Bertz CT molecular complexity index is 921. The van der Waals surface area contributed by atoms with Crippen LogP contribution >= 0.6 is 0 Å². The third-order valence-corrected chi connectivity index (χ3v) is 4.84. The van der Waals surface area contributed by atoms with E-state index in [1.54, 1.807) is 35.3 Å². The van der Waals surface area contributed by atoms with Crippen molar-refractivity contribution < 1.29 is 8.42 Å². The number of nitrogens with one attached hydrogen (secondary N) is 2. The Morgan fingerprint density at radius 3 is 2.46 bits per heavy atom. The molecule has 0 aliphatic rings. The molecule has 0 unspecified atom stereocenters. The first-order valence-electron chi connectivity index (χ1n) is 7.29. The average molecular weight is 346 g/mol. The highest BCUT2D eigenvalue weighted by atomic mass is 32.2. The van der Waals surface area contributed by atoms with Gasteiger partial charge in [0.15, 0.2) is 0 Å². The Morgan fingerprint density at radius 2 is 1.88 bits per heavy atom. The molecular formula is C15H18N6O2S. The van der Waals surface area contributed by atoms with E-state index in [1.165, 1.54) is 12.5 Å². The first-order chi connectivity index (χ1) is 11.3. The molecule has 0 fully saturated rings. The van der Waals surface area contributed by atoms with Gasteiger partial charge < -0.3 is 0 Å². The Kier molecular flexibility index (Phi) is 3.88. The molecule has 0 amide bonds. The van der Waals surface area contributed by atoms with Gasteiger partial charge in [-0.25, -0.2) is 18.1 Å². The summed E-state index contributed by atoms with van der Waals surface area (Å²) >= 11 is 0. The van der Waals surface area contributed by atoms with Gasteiger partial charge in [0.2, 0.25) is 0 Å². The molecule has 0 aliphatic heterocycles. The number of hydrogen-bond acceptors (Lipinski definition) is 5. The average Bonchev–Trinajstić information content (AvgIpc) is 3.19. The standard InChI is InChI=1S/C15H18N6O2S/c1-15(2,3)14-13(8-17-19-14)24(22,23)20-11-4-6-12(7-5-11)21-10-16-9-18-21/h4-10,20H,1-3H3,(H,17,19). The van der Waals surface area contributed by atoms with E-state index in [2.05, 4.69) is 25.0 Å². The molecule has 1 aromatic carbocycles. The number of hydrogen-bond donors (Lipinski definition) is 2. The fourth-order valence-corrected chi connectivity index (χ4v) is 3.62. The molecule has 3 rings (SSSR count). The van der Waals surface area contributed by atoms with Crippen LogP contribution in [0.1, 0.15) is 26.5 Å². The number of rotatable bonds is 4. The third kappa shape index (κ3) is 3.16. The maximum Gasteiger partial charge on any atom is 0.265 e. The summed E-state index contributed by atoms with van der Waals surface area (Å²) in [5, 5.41) is 10.7. The van der Waals surface area contributed by atoms with Gasteiger partial charge in [0, 0.05) is 11.1 Å². The molecule has 0 aliphatic carbocycles. The topological polar surface area (TPSA) is 106 Å². The zero-order valence-electron chi connectivity index (χ0n) is 13.6. The van der Waals surface area contributed by atoms with Gasteiger partial charge in [-0.3, -0.25) is 9.82 Å². The van der Waals surface area contributed by atoms with E-state index in [0.717, 1.165) is 5.69 Å². The molecule has 2 heterocycles. The fraction of sp³-hybridized carbons (Fsp3) is 0.267. The minimum atomic E-state index is -3.73. The van der Waals surface area contributed by atoms with Crippen LogP contribution in [0.3, 0.4) is 0 Å². The second-order valence-corrected chi connectivity index (χ2v) is 8.00. The lowest BCUT2D eigenvalue weighted by atomic mass is 9.92. The predicted molar refractivity (Wildman–Crippen MR) is 89.5 cm³/mol. The number of anilines is 1. The number of sulfonamides is 1. The monoisotopic (exact) mass is 346 g/mol. The molecule has 0 saturated heterocycles. The number of aromatic nitrogens is 5. The van der Waals surface area contributed by atoms with Crippen molar-refractivity contribution in [1.29, 1.82) is 0 Å². The van der Waals surface area contributed by atoms with Crippen LogP contribution in [0.25, 0.3) is 5.69 Å². The van der Waals surface area contributed by atoms with E-state index in [-0.39, 0.29) is 10.3 Å². The highest BCUT2D eigenvalue weighted by Gasteiger charge is 2.28. The van der Waals surface area contributed by atoms with Crippen LogP contribution in [0.2, 0.25) is 0 Å². The van der Waals surface area contributed by atoms with E-state index in [4.69, 9.17) is 0 Å². The lowest BCUT2D eigenvalue weighted by Crippen LogP contribution is -2.20. The summed E-state index contributed by atoms with van der Waals surface area (Å²) < 4.78 is 29.5. The van der Waals surface area contributed by atoms with Crippen molar-refractivity contribution in [1.82, 2.24) is 25.0 Å². The molecule has 126 valence electrons. The number of H-pyrrole nitrogens is 1. The fourth-order valence-electron chi connectivity index (χ4n) is 2.25. The van der Waals surface area contributed by atoms with Crippen molar-refractivity contribution in [3.05, 3.63) is 48.8 Å². The second kappa shape index (κ2) is 5.75. The molecule has 0 saturated carbocycles. The van der Waals surface area contributed by atoms with Gasteiger partial charge in [0.05, 0.1) is 17.6 Å². The summed E-state index contributed by atoms with van der Waals surface area (Å²) in [4.78, 5) is 4.03. The highest BCUT2D eigenvalue weighted by Crippen LogP contribution is 2.28. The van der Waals surface area contributed by atoms with E-state index in [9.17, 15) is 8.42 Å². The summed E-state index contributed by atoms with van der Waals surface area (Å²) in [5.74, 6) is 0. The molecule has 0 spiro atoms. The van der Waals surface area contributed by atoms with Crippen molar-refractivity contribution in [3.8, 4) is 5.69 Å². The molecular weight excluding hydrogens is 328 g/mol. The van der Waals surface area contributed by atoms with Gasteiger partial charge in [-0.1, -0.05) is 20.8 Å². The Balaban J connectivity index is 1.87. The van der Waals surface area contributed by atoms with Gasteiger partial charge in [-0.2, -0.15) is 10.2 Å². The van der Waals surface area contributed by atoms with Gasteiger partial charge in [-0.05, 0) is 24.3 Å². The van der Waals surface area contributed by atoms with Crippen molar-refractivity contribution in [2.24, 2.45) is 0 Å². The summed E-state index contributed by atoms with van der Waals surface area (Å²) in [7, 11) is -3.73. The molecule has 0 atom stereocenters. The minimum absolute atomic E-state index is 0.148. The maximum absolute atomic E-state index is 12.6. The van der Waals surface area contributed by atoms with Crippen LogP contribution < -0.4 is 4.72 Å².